The number of nitrogens with zero attached hydrogens (tertiary/aromatic N) is 3. The first-order valence-corrected chi connectivity index (χ1v) is 9.43. The zero-order valence-corrected chi connectivity index (χ0v) is 15.8. The monoisotopic (exact) mass is 365 g/mol. The van der Waals surface area contributed by atoms with Gasteiger partial charge in [0.25, 0.3) is 0 Å². The van der Waals surface area contributed by atoms with Gasteiger partial charge in [-0.1, -0.05) is 0 Å². The van der Waals surface area contributed by atoms with Gasteiger partial charge in [0, 0.05) is 42.8 Å². The predicted octanol–water partition coefficient (Wildman–Crippen LogP) is 2.26. The molecule has 4 N–H and O–H groups in total. The number of hydrazine groups is 1. The molecule has 1 aromatic carbocycles. The van der Waals surface area contributed by atoms with Crippen LogP contribution in [0.2, 0.25) is 0 Å². The minimum atomic E-state index is -1.05. The molecule has 1 saturated carbocycles. The van der Waals surface area contributed by atoms with Crippen molar-refractivity contribution in [2.24, 2.45) is 17.5 Å². The average Bonchev–Trinajstić information content (AvgIpc) is 3.28. The molecule has 3 aliphatic rings. The molecule has 1 saturated heterocycles. The average molecular weight is 365 g/mol. The van der Waals surface area contributed by atoms with Gasteiger partial charge in [0.05, 0.1) is 12.4 Å². The highest BCUT2D eigenvalue weighted by Crippen LogP contribution is 2.44. The Morgan fingerprint density at radius 1 is 1.19 bits per heavy atom. The lowest BCUT2D eigenvalue weighted by Crippen LogP contribution is -2.47. The van der Waals surface area contributed by atoms with E-state index in [1.165, 1.54) is 0 Å². The first-order valence-electron chi connectivity index (χ1n) is 9.43. The lowest BCUT2D eigenvalue weighted by atomic mass is 9.87. The third kappa shape index (κ3) is 2.96. The fraction of sp³-hybridized carbons (Fsp3) is 0.684. The summed E-state index contributed by atoms with van der Waals surface area (Å²) in [5, 5.41) is 1.72. The van der Waals surface area contributed by atoms with E-state index in [0.29, 0.717) is 31.5 Å². The van der Waals surface area contributed by atoms with Crippen LogP contribution in [0.25, 0.3) is 0 Å². The number of anilines is 2. The largest absolute Gasteiger partial charge is 0.366 e. The van der Waals surface area contributed by atoms with Crippen LogP contribution in [0, 0.1) is 18.7 Å². The van der Waals surface area contributed by atoms with E-state index in [1.807, 2.05) is 25.7 Å². The zero-order chi connectivity index (χ0) is 18.8. The number of hydrogen-bond donors (Lipinski definition) is 2. The quantitative estimate of drug-likeness (QED) is 0.805. The highest BCUT2D eigenvalue weighted by atomic mass is 19.1. The Bertz CT molecular complexity index is 713. The summed E-state index contributed by atoms with van der Waals surface area (Å²) in [6.07, 6.45) is 1.22. The van der Waals surface area contributed by atoms with Gasteiger partial charge in [-0.2, -0.15) is 0 Å². The van der Waals surface area contributed by atoms with E-state index in [2.05, 4.69) is 4.90 Å². The summed E-state index contributed by atoms with van der Waals surface area (Å²) in [7, 11) is 0. The standard InChI is InChI=1S/C19H29F2N5/c1-11-17-12(7-25(23)10-26(17)13-4-5-13)6-15(20)18(11)24-8-14(16(21)9-24)19(2,3)22/h6,13-14,16H,4-5,7-10,22-23H2,1-3H3/t14-,16+/m0/s1. The number of hydrogen-bond acceptors (Lipinski definition) is 5. The SMILES string of the molecule is Cc1c(N2C[C@@H](F)[C@@H](C(C)(C)N)C2)c(F)cc2c1N(C1CC1)CN(N)C2. The molecule has 1 aliphatic carbocycles. The molecule has 0 unspecified atom stereocenters. The normalized spacial score (nSPS) is 27.2. The third-order valence-electron chi connectivity index (χ3n) is 6.04. The van der Waals surface area contributed by atoms with Gasteiger partial charge in [-0.25, -0.2) is 13.8 Å². The summed E-state index contributed by atoms with van der Waals surface area (Å²) < 4.78 is 29.6. The molecule has 4 rings (SSSR count). The second-order valence-electron chi connectivity index (χ2n) is 8.78. The van der Waals surface area contributed by atoms with Gasteiger partial charge >= 0.3 is 0 Å². The van der Waals surface area contributed by atoms with Crippen molar-refractivity contribution in [2.75, 3.05) is 29.6 Å². The van der Waals surface area contributed by atoms with Gasteiger partial charge in [-0.3, -0.25) is 5.84 Å². The van der Waals surface area contributed by atoms with Crippen LogP contribution in [0.1, 0.15) is 37.8 Å². The number of rotatable bonds is 3. The van der Waals surface area contributed by atoms with Crippen LogP contribution in [0.15, 0.2) is 6.07 Å². The minimum Gasteiger partial charge on any atom is -0.366 e. The van der Waals surface area contributed by atoms with Gasteiger partial charge in [-0.15, -0.1) is 0 Å². The van der Waals surface area contributed by atoms with Crippen LogP contribution in [0.5, 0.6) is 0 Å². The van der Waals surface area contributed by atoms with Crippen LogP contribution < -0.4 is 21.4 Å². The third-order valence-corrected chi connectivity index (χ3v) is 6.04. The van der Waals surface area contributed by atoms with Crippen molar-refractivity contribution in [3.05, 3.63) is 23.0 Å². The molecule has 0 amide bonds. The maximum atomic E-state index is 15.0. The Hall–Kier alpha value is -1.44. The van der Waals surface area contributed by atoms with Crippen LogP contribution in [-0.4, -0.2) is 42.5 Å². The van der Waals surface area contributed by atoms with E-state index in [1.54, 1.807) is 11.1 Å². The Kier molecular flexibility index (Phi) is 4.17. The van der Waals surface area contributed by atoms with Gasteiger partial charge in [0.15, 0.2) is 0 Å². The first-order chi connectivity index (χ1) is 12.2. The molecule has 2 fully saturated rings. The molecule has 7 heteroatoms. The first kappa shape index (κ1) is 17.9. The molecule has 26 heavy (non-hydrogen) atoms. The summed E-state index contributed by atoms with van der Waals surface area (Å²) >= 11 is 0. The minimum absolute atomic E-state index is 0.189. The van der Waals surface area contributed by atoms with Crippen LogP contribution in [0.4, 0.5) is 20.2 Å². The molecular formula is C19H29F2N5. The Morgan fingerprint density at radius 2 is 1.88 bits per heavy atom. The summed E-state index contributed by atoms with van der Waals surface area (Å²) in [4.78, 5) is 4.12. The molecule has 1 aromatic rings. The van der Waals surface area contributed by atoms with Crippen LogP contribution in [0.3, 0.4) is 0 Å². The number of benzene rings is 1. The molecule has 0 bridgehead atoms. The second kappa shape index (κ2) is 6.04. The maximum absolute atomic E-state index is 15.0. The number of nitrogens with two attached hydrogens (primary N) is 2. The molecule has 2 aliphatic heterocycles. The predicted molar refractivity (Wildman–Crippen MR) is 100 cm³/mol. The van der Waals surface area contributed by atoms with E-state index >= 15 is 4.39 Å². The lowest BCUT2D eigenvalue weighted by molar-refractivity contribution is 0.208. The van der Waals surface area contributed by atoms with E-state index < -0.39 is 11.7 Å². The number of fused-ring (bicyclic) bond motifs is 1. The molecule has 0 aromatic heterocycles. The van der Waals surface area contributed by atoms with Crippen molar-refractivity contribution < 1.29 is 8.78 Å². The fourth-order valence-electron chi connectivity index (χ4n) is 4.60. The molecule has 5 nitrogen and oxygen atoms in total. The molecule has 0 spiro atoms. The smallest absolute Gasteiger partial charge is 0.147 e. The lowest BCUT2D eigenvalue weighted by Gasteiger charge is -2.39. The van der Waals surface area contributed by atoms with Crippen molar-refractivity contribution >= 4 is 11.4 Å². The summed E-state index contributed by atoms with van der Waals surface area (Å²) in [5.41, 5.74) is 8.93. The maximum Gasteiger partial charge on any atom is 0.147 e. The highest BCUT2D eigenvalue weighted by molar-refractivity contribution is 5.73. The van der Waals surface area contributed by atoms with E-state index in [9.17, 15) is 4.39 Å². The van der Waals surface area contributed by atoms with Crippen molar-refractivity contribution in [3.63, 3.8) is 0 Å². The summed E-state index contributed by atoms with van der Waals surface area (Å²) in [6, 6.07) is 2.06. The molecule has 0 radical (unpaired) electrons. The van der Waals surface area contributed by atoms with Crippen molar-refractivity contribution in [1.82, 2.24) is 5.01 Å². The topological polar surface area (TPSA) is 61.8 Å². The van der Waals surface area contributed by atoms with Gasteiger partial charge in [0.2, 0.25) is 0 Å². The number of alkyl halides is 1. The Morgan fingerprint density at radius 3 is 2.46 bits per heavy atom. The van der Waals surface area contributed by atoms with Gasteiger partial charge in [0.1, 0.15) is 12.0 Å². The molecule has 144 valence electrons. The highest BCUT2D eigenvalue weighted by Gasteiger charge is 2.43. The molecular weight excluding hydrogens is 336 g/mol. The Balaban J connectivity index is 1.73. The van der Waals surface area contributed by atoms with E-state index in [4.69, 9.17) is 11.6 Å². The van der Waals surface area contributed by atoms with Gasteiger partial charge < -0.3 is 15.5 Å². The Labute approximate surface area is 153 Å². The summed E-state index contributed by atoms with van der Waals surface area (Å²) in [5.74, 6) is 5.44. The zero-order valence-electron chi connectivity index (χ0n) is 15.8. The van der Waals surface area contributed by atoms with Crippen LogP contribution >= 0.6 is 0 Å². The van der Waals surface area contributed by atoms with E-state index in [-0.39, 0.29) is 18.3 Å². The van der Waals surface area contributed by atoms with Crippen molar-refractivity contribution in [1.29, 1.82) is 0 Å². The molecule has 2 heterocycles. The van der Waals surface area contributed by atoms with Crippen LogP contribution in [-0.2, 0) is 6.54 Å². The van der Waals surface area contributed by atoms with Crippen molar-refractivity contribution in [3.8, 4) is 0 Å². The van der Waals surface area contributed by atoms with Crippen molar-refractivity contribution in [2.45, 2.75) is 57.9 Å². The van der Waals surface area contributed by atoms with Gasteiger partial charge in [-0.05, 0) is 50.8 Å². The molecule has 2 atom stereocenters. The van der Waals surface area contributed by atoms with E-state index in [0.717, 1.165) is 29.7 Å². The number of halogens is 2. The summed E-state index contributed by atoms with van der Waals surface area (Å²) in [6.45, 7) is 7.44. The second-order valence-corrected chi connectivity index (χ2v) is 8.78. The fourth-order valence-corrected chi connectivity index (χ4v) is 4.60.